The molecule has 1 atom stereocenters. The molecule has 0 aliphatic heterocycles. The highest BCUT2D eigenvalue weighted by Gasteiger charge is 2.09. The van der Waals surface area contributed by atoms with E-state index in [2.05, 4.69) is 55.8 Å². The molecule has 0 N–H and O–H groups in total. The molecule has 0 aromatic heterocycles. The first-order valence-corrected chi connectivity index (χ1v) is 4.73. The highest BCUT2D eigenvalue weighted by atomic mass is 79.9. The summed E-state index contributed by atoms with van der Waals surface area (Å²) in [6.07, 6.45) is 5.67. The lowest BCUT2D eigenvalue weighted by atomic mass is 9.90. The number of allylic oxidation sites excluding steroid dienone is 2. The maximum atomic E-state index is 3.47. The molecular weight excluding hydrogens is 188 g/mol. The van der Waals surface area contributed by atoms with Gasteiger partial charge in [0.05, 0.1) is 0 Å². The minimum Gasteiger partial charge on any atom is -0.0848 e. The molecule has 60 valence electrons. The van der Waals surface area contributed by atoms with E-state index in [0.29, 0.717) is 10.2 Å². The molecule has 0 amide bonds. The standard InChI is InChI=1S/C9H17Br/c1-5-9(3,4)7-6-8(2)10/h6-8H,5H2,1-4H3/b7-6+. The molecular formula is C9H17Br. The molecule has 0 aromatic rings. The Morgan fingerprint density at radius 1 is 1.50 bits per heavy atom. The van der Waals surface area contributed by atoms with Crippen molar-refractivity contribution in [1.82, 2.24) is 0 Å². The SMILES string of the molecule is CCC(C)(C)/C=C/C(C)Br. The predicted molar refractivity (Wildman–Crippen MR) is 51.6 cm³/mol. The summed E-state index contributed by atoms with van der Waals surface area (Å²) in [6, 6.07) is 0. The second-order valence-electron chi connectivity index (χ2n) is 3.38. The van der Waals surface area contributed by atoms with Crippen molar-refractivity contribution in [2.75, 3.05) is 0 Å². The molecule has 1 unspecified atom stereocenters. The number of alkyl halides is 1. The molecule has 0 aliphatic carbocycles. The lowest BCUT2D eigenvalue weighted by molar-refractivity contribution is 0.461. The topological polar surface area (TPSA) is 0 Å². The zero-order valence-electron chi connectivity index (χ0n) is 7.32. The summed E-state index contributed by atoms with van der Waals surface area (Å²) in [6.45, 7) is 8.84. The van der Waals surface area contributed by atoms with E-state index >= 15 is 0 Å². The monoisotopic (exact) mass is 204 g/mol. The number of hydrogen-bond acceptors (Lipinski definition) is 0. The zero-order valence-corrected chi connectivity index (χ0v) is 8.90. The van der Waals surface area contributed by atoms with Crippen LogP contribution in [0.3, 0.4) is 0 Å². The van der Waals surface area contributed by atoms with E-state index in [-0.39, 0.29) is 0 Å². The van der Waals surface area contributed by atoms with E-state index in [1.165, 1.54) is 6.42 Å². The van der Waals surface area contributed by atoms with Crippen molar-refractivity contribution in [3.8, 4) is 0 Å². The molecule has 0 aromatic carbocycles. The highest BCUT2D eigenvalue weighted by molar-refractivity contribution is 9.09. The molecule has 0 heterocycles. The van der Waals surface area contributed by atoms with Crippen molar-refractivity contribution >= 4 is 15.9 Å². The summed E-state index contributed by atoms with van der Waals surface area (Å²) in [4.78, 5) is 0.498. The minimum atomic E-state index is 0.363. The molecule has 0 aliphatic rings. The fourth-order valence-corrected chi connectivity index (χ4v) is 0.664. The van der Waals surface area contributed by atoms with Crippen LogP contribution in [0.5, 0.6) is 0 Å². The molecule has 0 saturated carbocycles. The van der Waals surface area contributed by atoms with Crippen LogP contribution >= 0.6 is 15.9 Å². The Kier molecular flexibility index (Phi) is 4.26. The van der Waals surface area contributed by atoms with Gasteiger partial charge in [0, 0.05) is 4.83 Å². The second-order valence-corrected chi connectivity index (χ2v) is 4.82. The summed E-state index contributed by atoms with van der Waals surface area (Å²) >= 11 is 3.47. The van der Waals surface area contributed by atoms with Gasteiger partial charge in [0.15, 0.2) is 0 Å². The Balaban J connectivity index is 3.86. The molecule has 1 heteroatoms. The van der Waals surface area contributed by atoms with Crippen molar-refractivity contribution in [1.29, 1.82) is 0 Å². The minimum absolute atomic E-state index is 0.363. The third kappa shape index (κ3) is 5.04. The Morgan fingerprint density at radius 2 is 2.00 bits per heavy atom. The normalized spacial score (nSPS) is 16.1. The highest BCUT2D eigenvalue weighted by Crippen LogP contribution is 2.21. The first kappa shape index (κ1) is 10.2. The largest absolute Gasteiger partial charge is 0.0848 e. The van der Waals surface area contributed by atoms with Crippen LogP contribution in [-0.4, -0.2) is 4.83 Å². The van der Waals surface area contributed by atoms with E-state index in [1.54, 1.807) is 0 Å². The van der Waals surface area contributed by atoms with Crippen LogP contribution in [0, 0.1) is 5.41 Å². The average molecular weight is 205 g/mol. The van der Waals surface area contributed by atoms with Gasteiger partial charge in [-0.1, -0.05) is 48.9 Å². The first-order valence-electron chi connectivity index (χ1n) is 3.81. The third-order valence-electron chi connectivity index (χ3n) is 1.72. The van der Waals surface area contributed by atoms with Gasteiger partial charge in [0.1, 0.15) is 0 Å². The van der Waals surface area contributed by atoms with E-state index in [9.17, 15) is 0 Å². The van der Waals surface area contributed by atoms with E-state index in [0.717, 1.165) is 0 Å². The van der Waals surface area contributed by atoms with Gasteiger partial charge >= 0.3 is 0 Å². The molecule has 0 radical (unpaired) electrons. The first-order chi connectivity index (χ1) is 4.48. The maximum Gasteiger partial charge on any atom is 0.0297 e. The van der Waals surface area contributed by atoms with Crippen LogP contribution in [-0.2, 0) is 0 Å². The second kappa shape index (κ2) is 4.17. The van der Waals surface area contributed by atoms with Gasteiger partial charge < -0.3 is 0 Å². The summed E-state index contributed by atoms with van der Waals surface area (Å²) in [5, 5.41) is 0. The van der Waals surface area contributed by atoms with Crippen molar-refractivity contribution in [3.63, 3.8) is 0 Å². The fraction of sp³-hybridized carbons (Fsp3) is 0.778. The quantitative estimate of drug-likeness (QED) is 0.486. The number of halogens is 1. The van der Waals surface area contributed by atoms with Crippen LogP contribution in [0.1, 0.15) is 34.1 Å². The lowest BCUT2D eigenvalue weighted by Crippen LogP contribution is -2.04. The predicted octanol–water partition coefficient (Wildman–Crippen LogP) is 3.76. The van der Waals surface area contributed by atoms with Crippen molar-refractivity contribution in [3.05, 3.63) is 12.2 Å². The van der Waals surface area contributed by atoms with E-state index < -0.39 is 0 Å². The Bertz CT molecular complexity index is 112. The molecule has 10 heavy (non-hydrogen) atoms. The number of rotatable bonds is 3. The zero-order chi connectivity index (χ0) is 8.20. The van der Waals surface area contributed by atoms with Crippen molar-refractivity contribution in [2.24, 2.45) is 5.41 Å². The van der Waals surface area contributed by atoms with Gasteiger partial charge in [0.25, 0.3) is 0 Å². The van der Waals surface area contributed by atoms with Gasteiger partial charge in [-0.15, -0.1) is 0 Å². The van der Waals surface area contributed by atoms with Crippen LogP contribution in [0.15, 0.2) is 12.2 Å². The molecule has 0 saturated heterocycles. The third-order valence-corrected chi connectivity index (χ3v) is 2.03. The van der Waals surface area contributed by atoms with Gasteiger partial charge in [-0.2, -0.15) is 0 Å². The summed E-state index contributed by atoms with van der Waals surface area (Å²) in [5.74, 6) is 0. The van der Waals surface area contributed by atoms with Crippen molar-refractivity contribution < 1.29 is 0 Å². The summed E-state index contributed by atoms with van der Waals surface area (Å²) < 4.78 is 0. The van der Waals surface area contributed by atoms with Gasteiger partial charge in [-0.05, 0) is 18.8 Å². The smallest absolute Gasteiger partial charge is 0.0297 e. The van der Waals surface area contributed by atoms with E-state index in [1.807, 2.05) is 0 Å². The molecule has 0 rings (SSSR count). The lowest BCUT2D eigenvalue weighted by Gasteiger charge is -2.16. The molecule has 0 spiro atoms. The van der Waals surface area contributed by atoms with Crippen molar-refractivity contribution in [2.45, 2.75) is 38.9 Å². The van der Waals surface area contributed by atoms with Gasteiger partial charge in [0.2, 0.25) is 0 Å². The van der Waals surface area contributed by atoms with Crippen LogP contribution in [0.2, 0.25) is 0 Å². The molecule has 0 bridgehead atoms. The maximum absolute atomic E-state index is 3.47. The van der Waals surface area contributed by atoms with Gasteiger partial charge in [-0.25, -0.2) is 0 Å². The Hall–Kier alpha value is 0.220. The van der Waals surface area contributed by atoms with E-state index in [4.69, 9.17) is 0 Å². The Labute approximate surface area is 72.8 Å². The molecule has 0 nitrogen and oxygen atoms in total. The summed E-state index contributed by atoms with van der Waals surface area (Å²) in [7, 11) is 0. The summed E-state index contributed by atoms with van der Waals surface area (Å²) in [5.41, 5.74) is 0.363. The average Bonchev–Trinajstić information content (AvgIpc) is 1.85. The number of hydrogen-bond donors (Lipinski definition) is 0. The fourth-order valence-electron chi connectivity index (χ4n) is 0.511. The van der Waals surface area contributed by atoms with Crippen LogP contribution < -0.4 is 0 Å². The molecule has 0 fully saturated rings. The van der Waals surface area contributed by atoms with Crippen LogP contribution in [0.4, 0.5) is 0 Å². The van der Waals surface area contributed by atoms with Gasteiger partial charge in [-0.3, -0.25) is 0 Å². The van der Waals surface area contributed by atoms with Crippen LogP contribution in [0.25, 0.3) is 0 Å². The Morgan fingerprint density at radius 3 is 2.30 bits per heavy atom.